The molecule has 0 aliphatic heterocycles. The molecule has 6 heteroatoms. The summed E-state index contributed by atoms with van der Waals surface area (Å²) in [5.41, 5.74) is -0.0811. The molecule has 1 rings (SSSR count). The minimum Gasteiger partial charge on any atom is -0.394 e. The van der Waals surface area contributed by atoms with Gasteiger partial charge < -0.3 is 20.6 Å². The highest BCUT2D eigenvalue weighted by atomic mass is 32.1. The molecule has 0 aliphatic carbocycles. The summed E-state index contributed by atoms with van der Waals surface area (Å²) in [6, 6.07) is 0. The summed E-state index contributed by atoms with van der Waals surface area (Å²) in [6.07, 6.45) is 0. The van der Waals surface area contributed by atoms with E-state index in [9.17, 15) is 0 Å². The first-order valence-corrected chi connectivity index (χ1v) is 5.89. The average Bonchev–Trinajstić information content (AvgIpc) is 2.60. The molecule has 0 atom stereocenters. The molecule has 0 bridgehead atoms. The van der Waals surface area contributed by atoms with Gasteiger partial charge in [-0.25, -0.2) is 4.98 Å². The Bertz CT molecular complexity index is 329. The highest BCUT2D eigenvalue weighted by Gasteiger charge is 2.27. The zero-order valence-electron chi connectivity index (χ0n) is 9.53. The van der Waals surface area contributed by atoms with Gasteiger partial charge in [-0.2, -0.15) is 0 Å². The van der Waals surface area contributed by atoms with E-state index in [-0.39, 0.29) is 19.8 Å². The molecule has 0 unspecified atom stereocenters. The summed E-state index contributed by atoms with van der Waals surface area (Å²) in [4.78, 5) is 5.33. The van der Waals surface area contributed by atoms with Crippen LogP contribution in [-0.2, 0) is 6.54 Å². The highest BCUT2D eigenvalue weighted by molar-refractivity contribution is 7.11. The van der Waals surface area contributed by atoms with E-state index in [1.165, 1.54) is 0 Å². The van der Waals surface area contributed by atoms with Crippen molar-refractivity contribution in [3.8, 4) is 0 Å². The number of nitrogens with zero attached hydrogens (tertiary/aromatic N) is 1. The van der Waals surface area contributed by atoms with Crippen molar-refractivity contribution in [3.63, 3.8) is 0 Å². The lowest BCUT2D eigenvalue weighted by Crippen LogP contribution is -2.54. The van der Waals surface area contributed by atoms with E-state index in [4.69, 9.17) is 15.3 Å². The molecule has 16 heavy (non-hydrogen) atoms. The van der Waals surface area contributed by atoms with E-state index in [2.05, 4.69) is 10.3 Å². The van der Waals surface area contributed by atoms with E-state index in [0.717, 1.165) is 15.6 Å². The number of thiazole rings is 1. The second kappa shape index (κ2) is 5.70. The van der Waals surface area contributed by atoms with Crippen LogP contribution in [0.5, 0.6) is 0 Å². The second-order valence-corrected chi connectivity index (χ2v) is 5.14. The third-order valence-electron chi connectivity index (χ3n) is 2.53. The first-order valence-electron chi connectivity index (χ1n) is 5.07. The zero-order valence-corrected chi connectivity index (χ0v) is 10.3. The lowest BCUT2D eigenvalue weighted by molar-refractivity contribution is 0.0415. The number of aryl methyl sites for hydroxylation is 2. The first kappa shape index (κ1) is 13.5. The molecule has 0 aromatic carbocycles. The first-order chi connectivity index (χ1) is 7.56. The summed E-state index contributed by atoms with van der Waals surface area (Å²) in [5.74, 6) is 0. The second-order valence-electron chi connectivity index (χ2n) is 3.85. The number of aliphatic hydroxyl groups is 3. The molecule has 0 amide bonds. The van der Waals surface area contributed by atoms with Crippen LogP contribution in [0.15, 0.2) is 0 Å². The predicted molar refractivity (Wildman–Crippen MR) is 62.4 cm³/mol. The standard InChI is InChI=1S/C10H18N2O3S/c1-7-9(16-8(2)12-7)3-11-10(4-13,5-14)6-15/h11,13-15H,3-6H2,1-2H3. The molecule has 0 saturated carbocycles. The van der Waals surface area contributed by atoms with Crippen molar-refractivity contribution in [3.05, 3.63) is 15.6 Å². The number of nitrogens with one attached hydrogen (secondary N) is 1. The topological polar surface area (TPSA) is 85.6 Å². The molecule has 1 heterocycles. The fourth-order valence-electron chi connectivity index (χ4n) is 1.32. The quantitative estimate of drug-likeness (QED) is 0.547. The van der Waals surface area contributed by atoms with E-state index < -0.39 is 5.54 Å². The third-order valence-corrected chi connectivity index (χ3v) is 3.60. The van der Waals surface area contributed by atoms with Gasteiger partial charge in [0.05, 0.1) is 36.1 Å². The lowest BCUT2D eigenvalue weighted by Gasteiger charge is -2.28. The van der Waals surface area contributed by atoms with Crippen molar-refractivity contribution in [1.29, 1.82) is 0 Å². The number of hydrogen-bond donors (Lipinski definition) is 4. The molecular formula is C10H18N2O3S. The van der Waals surface area contributed by atoms with Crippen LogP contribution in [0.2, 0.25) is 0 Å². The largest absolute Gasteiger partial charge is 0.394 e. The molecule has 92 valence electrons. The molecule has 0 fully saturated rings. The van der Waals surface area contributed by atoms with Crippen LogP contribution in [0.3, 0.4) is 0 Å². The van der Waals surface area contributed by atoms with Crippen LogP contribution in [0.1, 0.15) is 15.6 Å². The number of rotatable bonds is 6. The Labute approximate surface area is 98.8 Å². The SMILES string of the molecule is Cc1nc(C)c(CNC(CO)(CO)CO)s1. The van der Waals surface area contributed by atoms with Gasteiger partial charge in [0, 0.05) is 11.4 Å². The Morgan fingerprint density at radius 1 is 1.19 bits per heavy atom. The van der Waals surface area contributed by atoms with Gasteiger partial charge >= 0.3 is 0 Å². The fraction of sp³-hybridized carbons (Fsp3) is 0.700. The van der Waals surface area contributed by atoms with Crippen molar-refractivity contribution >= 4 is 11.3 Å². The Morgan fingerprint density at radius 2 is 1.75 bits per heavy atom. The molecular weight excluding hydrogens is 228 g/mol. The van der Waals surface area contributed by atoms with Crippen LogP contribution in [0.4, 0.5) is 0 Å². The Morgan fingerprint density at radius 3 is 2.12 bits per heavy atom. The lowest BCUT2D eigenvalue weighted by atomic mass is 10.0. The van der Waals surface area contributed by atoms with Crippen LogP contribution >= 0.6 is 11.3 Å². The van der Waals surface area contributed by atoms with E-state index in [1.54, 1.807) is 11.3 Å². The Kier molecular flexibility index (Phi) is 4.82. The number of hydrogen-bond acceptors (Lipinski definition) is 6. The van der Waals surface area contributed by atoms with Crippen molar-refractivity contribution in [2.45, 2.75) is 25.9 Å². The van der Waals surface area contributed by atoms with Gasteiger partial charge in [0.2, 0.25) is 0 Å². The van der Waals surface area contributed by atoms with Crippen molar-refractivity contribution < 1.29 is 15.3 Å². The van der Waals surface area contributed by atoms with Crippen molar-refractivity contribution in [1.82, 2.24) is 10.3 Å². The Balaban J connectivity index is 2.65. The fourth-order valence-corrected chi connectivity index (χ4v) is 2.20. The molecule has 0 radical (unpaired) electrons. The van der Waals surface area contributed by atoms with Gasteiger partial charge in [0.15, 0.2) is 0 Å². The van der Waals surface area contributed by atoms with E-state index in [1.807, 2.05) is 13.8 Å². The smallest absolute Gasteiger partial charge is 0.0900 e. The normalized spacial score (nSPS) is 12.1. The maximum absolute atomic E-state index is 9.13. The summed E-state index contributed by atoms with van der Waals surface area (Å²) in [7, 11) is 0. The molecule has 0 spiro atoms. The predicted octanol–water partition coefficient (Wildman–Crippen LogP) is -0.435. The summed E-state index contributed by atoms with van der Waals surface area (Å²) in [6.45, 7) is 3.40. The van der Waals surface area contributed by atoms with Gasteiger partial charge in [-0.05, 0) is 13.8 Å². The summed E-state index contributed by atoms with van der Waals surface area (Å²) in [5, 5.41) is 31.4. The van der Waals surface area contributed by atoms with Gasteiger partial charge in [0.1, 0.15) is 0 Å². The minimum absolute atomic E-state index is 0.309. The molecule has 0 saturated heterocycles. The Hall–Kier alpha value is -0.530. The van der Waals surface area contributed by atoms with Gasteiger partial charge in [-0.3, -0.25) is 0 Å². The molecule has 5 nitrogen and oxygen atoms in total. The van der Waals surface area contributed by atoms with E-state index >= 15 is 0 Å². The van der Waals surface area contributed by atoms with Crippen LogP contribution in [0, 0.1) is 13.8 Å². The molecule has 0 aliphatic rings. The van der Waals surface area contributed by atoms with Crippen molar-refractivity contribution in [2.75, 3.05) is 19.8 Å². The van der Waals surface area contributed by atoms with Gasteiger partial charge in [-0.15, -0.1) is 11.3 Å². The minimum atomic E-state index is -1.02. The maximum Gasteiger partial charge on any atom is 0.0900 e. The number of aromatic nitrogens is 1. The summed E-state index contributed by atoms with van der Waals surface area (Å²) < 4.78 is 0. The van der Waals surface area contributed by atoms with E-state index in [0.29, 0.717) is 6.54 Å². The van der Waals surface area contributed by atoms with Gasteiger partial charge in [0.25, 0.3) is 0 Å². The van der Waals surface area contributed by atoms with Crippen LogP contribution in [-0.4, -0.2) is 45.7 Å². The number of aliphatic hydroxyl groups excluding tert-OH is 3. The highest BCUT2D eigenvalue weighted by Crippen LogP contribution is 2.17. The third kappa shape index (κ3) is 2.99. The van der Waals surface area contributed by atoms with Crippen molar-refractivity contribution in [2.24, 2.45) is 0 Å². The monoisotopic (exact) mass is 246 g/mol. The maximum atomic E-state index is 9.13. The average molecular weight is 246 g/mol. The molecule has 1 aromatic rings. The van der Waals surface area contributed by atoms with Gasteiger partial charge in [-0.1, -0.05) is 0 Å². The summed E-state index contributed by atoms with van der Waals surface area (Å²) >= 11 is 1.57. The molecule has 4 N–H and O–H groups in total. The van der Waals surface area contributed by atoms with Crippen LogP contribution in [0.25, 0.3) is 0 Å². The van der Waals surface area contributed by atoms with Crippen LogP contribution < -0.4 is 5.32 Å². The molecule has 1 aromatic heterocycles. The zero-order chi connectivity index (χ0) is 12.2.